The second-order valence-electron chi connectivity index (χ2n) is 11.7. The van der Waals surface area contributed by atoms with Crippen LogP contribution in [0.4, 0.5) is 0 Å². The van der Waals surface area contributed by atoms with Crippen molar-refractivity contribution in [2.45, 2.75) is 63.1 Å². The molecule has 2 heterocycles. The van der Waals surface area contributed by atoms with Crippen LogP contribution in [0.1, 0.15) is 71.7 Å². The lowest BCUT2D eigenvalue weighted by molar-refractivity contribution is -0.307. The first-order chi connectivity index (χ1) is 21.0. The molecule has 0 bridgehead atoms. The summed E-state index contributed by atoms with van der Waals surface area (Å²) in [6.07, 6.45) is 6.79. The number of nitrogens with zero attached hydrogens (tertiary/aromatic N) is 1. The first-order valence-corrected chi connectivity index (χ1v) is 15.2. The average Bonchev–Trinajstić information content (AvgIpc) is 3.86. The maximum absolute atomic E-state index is 13.0. The number of rotatable bonds is 11. The minimum atomic E-state index is -1.62. The third-order valence-corrected chi connectivity index (χ3v) is 8.43. The van der Waals surface area contributed by atoms with Gasteiger partial charge in [-0.25, -0.2) is 14.5 Å². The molecule has 1 saturated carbocycles. The number of benzene rings is 3. The average molecular weight is 580 g/mol. The number of hydrogen-bond donors (Lipinski definition) is 0. The molecule has 1 aliphatic carbocycles. The molecule has 7 nitrogen and oxygen atoms in total. The molecule has 0 radical (unpaired) electrons. The van der Waals surface area contributed by atoms with E-state index in [1.807, 2.05) is 77.7 Å². The van der Waals surface area contributed by atoms with Gasteiger partial charge in [-0.15, -0.1) is 0 Å². The summed E-state index contributed by atoms with van der Waals surface area (Å²) in [6.45, 7) is 0.880. The van der Waals surface area contributed by atoms with Crippen molar-refractivity contribution in [3.63, 3.8) is 0 Å². The van der Waals surface area contributed by atoms with Crippen molar-refractivity contribution in [3.8, 4) is 0 Å². The lowest BCUT2D eigenvalue weighted by atomic mass is 9.98. The summed E-state index contributed by atoms with van der Waals surface area (Å²) < 4.78 is 18.4. The maximum atomic E-state index is 13.0. The van der Waals surface area contributed by atoms with E-state index in [9.17, 15) is 14.4 Å². The number of hydrogen-bond acceptors (Lipinski definition) is 7. The van der Waals surface area contributed by atoms with Crippen LogP contribution in [0.5, 0.6) is 0 Å². The van der Waals surface area contributed by atoms with Crippen LogP contribution in [0.25, 0.3) is 0 Å². The molecule has 0 aromatic heterocycles. The molecule has 1 atom stereocenters. The number of carbonyl (C=O) groups is 3. The first-order valence-electron chi connectivity index (χ1n) is 15.2. The Labute approximate surface area is 252 Å². The SMILES string of the molecule is O=C1C=CC(=O)OC2(CC(OC(c3ccccc3)c3ccccc3)CCN2CCCC(=O)c2ccc(CC3CC3)cc2)O1. The highest BCUT2D eigenvalue weighted by Crippen LogP contribution is 2.38. The lowest BCUT2D eigenvalue weighted by Gasteiger charge is -2.46. The monoisotopic (exact) mass is 579 g/mol. The minimum Gasteiger partial charge on any atom is -0.405 e. The van der Waals surface area contributed by atoms with Gasteiger partial charge in [0.25, 0.3) is 0 Å². The first kappa shape index (κ1) is 29.0. The Kier molecular flexibility index (Phi) is 8.82. The van der Waals surface area contributed by atoms with Crippen LogP contribution < -0.4 is 0 Å². The van der Waals surface area contributed by atoms with Crippen LogP contribution in [0, 0.1) is 5.92 Å². The van der Waals surface area contributed by atoms with Gasteiger partial charge in [-0.3, -0.25) is 4.79 Å². The summed E-state index contributed by atoms with van der Waals surface area (Å²) in [7, 11) is 0. The Morgan fingerprint density at radius 3 is 2.02 bits per heavy atom. The number of likely N-dealkylation sites (tertiary alicyclic amines) is 1. The van der Waals surface area contributed by atoms with Crippen molar-refractivity contribution in [3.05, 3.63) is 119 Å². The predicted octanol–water partition coefficient (Wildman–Crippen LogP) is 6.18. The molecular weight excluding hydrogens is 542 g/mol. The number of ketones is 1. The zero-order valence-corrected chi connectivity index (χ0v) is 24.2. The Bertz CT molecular complexity index is 1390. The number of esters is 2. The van der Waals surface area contributed by atoms with Crippen molar-refractivity contribution in [2.75, 3.05) is 13.1 Å². The minimum absolute atomic E-state index is 0.0651. The summed E-state index contributed by atoms with van der Waals surface area (Å²) in [5.41, 5.74) is 3.98. The van der Waals surface area contributed by atoms with Gasteiger partial charge in [0.2, 0.25) is 0 Å². The van der Waals surface area contributed by atoms with Crippen molar-refractivity contribution in [1.82, 2.24) is 4.90 Å². The molecule has 3 aliphatic rings. The molecule has 2 fully saturated rings. The van der Waals surface area contributed by atoms with Crippen molar-refractivity contribution in [2.24, 2.45) is 5.92 Å². The van der Waals surface area contributed by atoms with E-state index in [2.05, 4.69) is 12.1 Å². The fourth-order valence-electron chi connectivity index (χ4n) is 5.99. The summed E-state index contributed by atoms with van der Waals surface area (Å²) in [5.74, 6) is -2.06. The third kappa shape index (κ3) is 7.29. The second kappa shape index (κ2) is 13.1. The van der Waals surface area contributed by atoms with Crippen molar-refractivity contribution >= 4 is 17.7 Å². The van der Waals surface area contributed by atoms with Crippen molar-refractivity contribution in [1.29, 1.82) is 0 Å². The third-order valence-electron chi connectivity index (χ3n) is 8.43. The molecule has 6 rings (SSSR count). The number of piperidine rings is 1. The number of carbonyl (C=O) groups excluding carboxylic acids is 3. The highest BCUT2D eigenvalue weighted by molar-refractivity contribution is 5.96. The molecule has 1 saturated heterocycles. The van der Waals surface area contributed by atoms with Gasteiger partial charge < -0.3 is 14.2 Å². The smallest absolute Gasteiger partial charge is 0.335 e. The highest BCUT2D eigenvalue weighted by Gasteiger charge is 2.50. The van der Waals surface area contributed by atoms with Crippen LogP contribution in [0.2, 0.25) is 0 Å². The predicted molar refractivity (Wildman–Crippen MR) is 161 cm³/mol. The van der Waals surface area contributed by atoms with E-state index < -0.39 is 17.8 Å². The molecule has 7 heteroatoms. The molecule has 1 spiro atoms. The summed E-state index contributed by atoms with van der Waals surface area (Å²) in [5, 5.41) is 0. The number of ether oxygens (including phenoxy) is 3. The van der Waals surface area contributed by atoms with Gasteiger partial charge in [-0.1, -0.05) is 84.9 Å². The van der Waals surface area contributed by atoms with E-state index in [0.717, 1.165) is 35.6 Å². The maximum Gasteiger partial charge on any atom is 0.335 e. The topological polar surface area (TPSA) is 82.1 Å². The van der Waals surface area contributed by atoms with Crippen LogP contribution in [0.3, 0.4) is 0 Å². The van der Waals surface area contributed by atoms with Crippen LogP contribution in [-0.2, 0) is 30.2 Å². The van der Waals surface area contributed by atoms with E-state index in [1.54, 1.807) is 0 Å². The van der Waals surface area contributed by atoms with Crippen molar-refractivity contribution < 1.29 is 28.6 Å². The summed E-state index contributed by atoms with van der Waals surface area (Å²) >= 11 is 0. The Morgan fingerprint density at radius 2 is 1.44 bits per heavy atom. The quantitative estimate of drug-likeness (QED) is 0.198. The van der Waals surface area contributed by atoms with E-state index >= 15 is 0 Å². The van der Waals surface area contributed by atoms with E-state index in [0.29, 0.717) is 37.9 Å². The molecule has 3 aromatic carbocycles. The zero-order chi connectivity index (χ0) is 29.6. The van der Waals surface area contributed by atoms with Gasteiger partial charge in [0.05, 0.1) is 12.5 Å². The van der Waals surface area contributed by atoms with Crippen LogP contribution in [-0.4, -0.2) is 47.7 Å². The van der Waals surface area contributed by atoms with Crippen LogP contribution in [0.15, 0.2) is 97.1 Å². The molecule has 2 aliphatic heterocycles. The molecule has 3 aromatic rings. The van der Waals surface area contributed by atoms with Gasteiger partial charge in [0, 0.05) is 37.2 Å². The molecule has 222 valence electrons. The molecule has 1 unspecified atom stereocenters. The second-order valence-corrected chi connectivity index (χ2v) is 11.7. The Balaban J connectivity index is 1.15. The van der Waals surface area contributed by atoms with Gasteiger partial charge in [-0.2, -0.15) is 0 Å². The largest absolute Gasteiger partial charge is 0.405 e. The molecule has 0 N–H and O–H groups in total. The Hall–Kier alpha value is -4.07. The van der Waals surface area contributed by atoms with E-state index in [1.165, 1.54) is 18.4 Å². The Morgan fingerprint density at radius 1 is 0.837 bits per heavy atom. The van der Waals surface area contributed by atoms with Crippen LogP contribution >= 0.6 is 0 Å². The number of Topliss-reactive ketones (excluding diaryl/α,β-unsaturated/α-hetero) is 1. The van der Waals surface area contributed by atoms with E-state index in [4.69, 9.17) is 14.2 Å². The standard InChI is InChI=1S/C36H37NO6/c38-32(28-17-15-27(16-18-28)24-26-13-14-26)12-7-22-37-23-21-31(25-36(37)42-33(39)19-20-34(40)43-36)41-35(29-8-3-1-4-9-29)30-10-5-2-6-11-30/h1-6,8-11,15-20,26,31,35H,7,12-14,21-25H2. The highest BCUT2D eigenvalue weighted by atomic mass is 16.8. The summed E-state index contributed by atoms with van der Waals surface area (Å²) in [6, 6.07) is 27.9. The normalized spacial score (nSPS) is 20.1. The van der Waals surface area contributed by atoms with Gasteiger partial charge in [0.1, 0.15) is 6.10 Å². The lowest BCUT2D eigenvalue weighted by Crippen LogP contribution is -2.60. The molecule has 0 amide bonds. The fraction of sp³-hybridized carbons (Fsp3) is 0.361. The zero-order valence-electron chi connectivity index (χ0n) is 24.2. The van der Waals surface area contributed by atoms with Gasteiger partial charge in [-0.05, 0) is 54.7 Å². The molecule has 43 heavy (non-hydrogen) atoms. The van der Waals surface area contributed by atoms with Gasteiger partial charge in [0.15, 0.2) is 5.78 Å². The summed E-state index contributed by atoms with van der Waals surface area (Å²) in [4.78, 5) is 40.1. The fourth-order valence-corrected chi connectivity index (χ4v) is 5.99. The van der Waals surface area contributed by atoms with E-state index in [-0.39, 0.29) is 24.4 Å². The molecular formula is C36H37NO6. The van der Waals surface area contributed by atoms with Gasteiger partial charge >= 0.3 is 17.8 Å².